The van der Waals surface area contributed by atoms with Crippen molar-refractivity contribution in [1.82, 2.24) is 15.5 Å². The van der Waals surface area contributed by atoms with E-state index in [0.29, 0.717) is 31.2 Å². The highest BCUT2D eigenvalue weighted by Gasteiger charge is 2.29. The van der Waals surface area contributed by atoms with Crippen LogP contribution in [0.3, 0.4) is 0 Å². The van der Waals surface area contributed by atoms with Crippen molar-refractivity contribution in [2.45, 2.75) is 38.4 Å². The molecule has 2 heterocycles. The van der Waals surface area contributed by atoms with Crippen molar-refractivity contribution in [3.63, 3.8) is 0 Å². The van der Waals surface area contributed by atoms with Crippen LogP contribution >= 0.6 is 0 Å². The molecule has 2 rings (SSSR count). The smallest absolute Gasteiger partial charge is 0.249 e. The molecular weight excluding hydrogens is 236 g/mol. The molecule has 7 heteroatoms. The first-order valence-electron chi connectivity index (χ1n) is 6.11. The molecule has 2 atom stereocenters. The largest absolute Gasteiger partial charge is 0.364 e. The summed E-state index contributed by atoms with van der Waals surface area (Å²) in [6.45, 7) is 2.67. The molecule has 0 spiro atoms. The molecule has 7 nitrogen and oxygen atoms in total. The van der Waals surface area contributed by atoms with Crippen LogP contribution in [0.4, 0.5) is 0 Å². The van der Waals surface area contributed by atoms with Crippen molar-refractivity contribution in [3.05, 3.63) is 11.7 Å². The van der Waals surface area contributed by atoms with E-state index in [4.69, 9.17) is 15.0 Å². The first-order chi connectivity index (χ1) is 8.69. The second-order valence-corrected chi connectivity index (χ2v) is 4.33. The number of carbonyl (C=O) groups excluding carboxylic acids is 1. The van der Waals surface area contributed by atoms with Crippen molar-refractivity contribution < 1.29 is 14.1 Å². The number of rotatable bonds is 5. The third-order valence-corrected chi connectivity index (χ3v) is 2.88. The molecule has 1 aliphatic heterocycles. The van der Waals surface area contributed by atoms with Crippen LogP contribution in [0.5, 0.6) is 0 Å². The van der Waals surface area contributed by atoms with E-state index in [9.17, 15) is 4.79 Å². The molecule has 1 saturated heterocycles. The summed E-state index contributed by atoms with van der Waals surface area (Å²) < 4.78 is 10.3. The molecule has 1 aliphatic rings. The minimum Gasteiger partial charge on any atom is -0.364 e. The van der Waals surface area contributed by atoms with Gasteiger partial charge in [0.25, 0.3) is 0 Å². The van der Waals surface area contributed by atoms with Crippen LogP contribution in [-0.4, -0.2) is 41.3 Å². The molecule has 3 N–H and O–H groups in total. The summed E-state index contributed by atoms with van der Waals surface area (Å²) in [5, 5.41) is 6.55. The number of amides is 1. The Kier molecular flexibility index (Phi) is 4.27. The van der Waals surface area contributed by atoms with E-state index >= 15 is 0 Å². The molecule has 1 amide bonds. The molecule has 18 heavy (non-hydrogen) atoms. The molecule has 100 valence electrons. The van der Waals surface area contributed by atoms with E-state index < -0.39 is 0 Å². The summed E-state index contributed by atoms with van der Waals surface area (Å²) >= 11 is 0. The summed E-state index contributed by atoms with van der Waals surface area (Å²) in [6.07, 6.45) is 1.77. The van der Waals surface area contributed by atoms with Crippen molar-refractivity contribution >= 4 is 5.91 Å². The fraction of sp³-hybridized carbons (Fsp3) is 0.727. The van der Waals surface area contributed by atoms with Crippen LogP contribution in [0.1, 0.15) is 24.6 Å². The van der Waals surface area contributed by atoms with Gasteiger partial charge in [-0.05, 0) is 12.8 Å². The molecular formula is C11H18N4O3. The van der Waals surface area contributed by atoms with Crippen LogP contribution in [0, 0.1) is 6.92 Å². The second-order valence-electron chi connectivity index (χ2n) is 4.33. The van der Waals surface area contributed by atoms with Gasteiger partial charge >= 0.3 is 0 Å². The molecule has 0 radical (unpaired) electrons. The van der Waals surface area contributed by atoms with Gasteiger partial charge in [0.15, 0.2) is 5.82 Å². The predicted octanol–water partition coefficient (Wildman–Crippen LogP) is -0.457. The molecule has 2 unspecified atom stereocenters. The van der Waals surface area contributed by atoms with Crippen LogP contribution in [0.15, 0.2) is 4.52 Å². The van der Waals surface area contributed by atoms with Gasteiger partial charge in [-0.1, -0.05) is 5.16 Å². The lowest BCUT2D eigenvalue weighted by Crippen LogP contribution is -2.36. The van der Waals surface area contributed by atoms with Crippen LogP contribution in [0.25, 0.3) is 0 Å². The van der Waals surface area contributed by atoms with Crippen LogP contribution < -0.4 is 11.1 Å². The lowest BCUT2D eigenvalue weighted by atomic mass is 10.2. The summed E-state index contributed by atoms with van der Waals surface area (Å²) in [6, 6.07) is 0. The SMILES string of the molecule is Cc1nc(CCNC(=O)C2CCC(CN)O2)no1. The maximum atomic E-state index is 11.8. The molecule has 1 fully saturated rings. The van der Waals surface area contributed by atoms with Gasteiger partial charge < -0.3 is 20.3 Å². The Balaban J connectivity index is 1.69. The van der Waals surface area contributed by atoms with Gasteiger partial charge in [-0.3, -0.25) is 4.79 Å². The minimum atomic E-state index is -0.370. The molecule has 0 saturated carbocycles. The quantitative estimate of drug-likeness (QED) is 0.737. The first kappa shape index (κ1) is 13.0. The van der Waals surface area contributed by atoms with E-state index in [0.717, 1.165) is 12.8 Å². The van der Waals surface area contributed by atoms with Crippen LogP contribution in [-0.2, 0) is 16.0 Å². The number of nitrogens with two attached hydrogens (primary N) is 1. The summed E-state index contributed by atoms with van der Waals surface area (Å²) in [5.74, 6) is 1.03. The zero-order valence-corrected chi connectivity index (χ0v) is 10.4. The topological polar surface area (TPSA) is 103 Å². The molecule has 1 aromatic rings. The maximum absolute atomic E-state index is 11.8. The molecule has 0 aliphatic carbocycles. The zero-order chi connectivity index (χ0) is 13.0. The van der Waals surface area contributed by atoms with Crippen molar-refractivity contribution in [2.75, 3.05) is 13.1 Å². The second kappa shape index (κ2) is 5.92. The van der Waals surface area contributed by atoms with Crippen LogP contribution in [0.2, 0.25) is 0 Å². The Morgan fingerprint density at radius 3 is 3.00 bits per heavy atom. The number of aromatic nitrogens is 2. The van der Waals surface area contributed by atoms with Crippen molar-refractivity contribution in [2.24, 2.45) is 5.73 Å². The highest BCUT2D eigenvalue weighted by molar-refractivity contribution is 5.81. The van der Waals surface area contributed by atoms with Crippen molar-refractivity contribution in [1.29, 1.82) is 0 Å². The van der Waals surface area contributed by atoms with Gasteiger partial charge in [-0.2, -0.15) is 4.98 Å². The summed E-state index contributed by atoms with van der Waals surface area (Å²) in [5.41, 5.74) is 5.49. The van der Waals surface area contributed by atoms with E-state index in [1.165, 1.54) is 0 Å². The number of nitrogens with zero attached hydrogens (tertiary/aromatic N) is 2. The number of nitrogens with one attached hydrogen (secondary N) is 1. The summed E-state index contributed by atoms with van der Waals surface area (Å²) in [4.78, 5) is 15.8. The zero-order valence-electron chi connectivity index (χ0n) is 10.4. The fourth-order valence-corrected chi connectivity index (χ4v) is 1.93. The van der Waals surface area contributed by atoms with Gasteiger partial charge in [-0.15, -0.1) is 0 Å². The third-order valence-electron chi connectivity index (χ3n) is 2.88. The Hall–Kier alpha value is -1.47. The normalized spacial score (nSPS) is 23.2. The van der Waals surface area contributed by atoms with Gasteiger partial charge in [0.05, 0.1) is 6.10 Å². The average molecular weight is 254 g/mol. The molecule has 0 bridgehead atoms. The minimum absolute atomic E-state index is 0.0145. The highest BCUT2D eigenvalue weighted by atomic mass is 16.5. The Morgan fingerprint density at radius 2 is 2.39 bits per heavy atom. The van der Waals surface area contributed by atoms with Gasteiger partial charge in [-0.25, -0.2) is 0 Å². The summed E-state index contributed by atoms with van der Waals surface area (Å²) in [7, 11) is 0. The van der Waals surface area contributed by atoms with Gasteiger partial charge in [0.1, 0.15) is 6.10 Å². The number of carbonyl (C=O) groups is 1. The average Bonchev–Trinajstić information content (AvgIpc) is 2.98. The predicted molar refractivity (Wildman–Crippen MR) is 62.7 cm³/mol. The highest BCUT2D eigenvalue weighted by Crippen LogP contribution is 2.18. The molecule has 1 aromatic heterocycles. The monoisotopic (exact) mass is 254 g/mol. The van der Waals surface area contributed by atoms with Gasteiger partial charge in [0.2, 0.25) is 11.8 Å². The standard InChI is InChI=1S/C11H18N4O3/c1-7-14-10(15-18-7)4-5-13-11(16)9-3-2-8(6-12)17-9/h8-9H,2-6,12H2,1H3,(H,13,16). The Bertz CT molecular complexity index is 407. The number of hydrogen-bond donors (Lipinski definition) is 2. The Morgan fingerprint density at radius 1 is 1.56 bits per heavy atom. The van der Waals surface area contributed by atoms with Crippen molar-refractivity contribution in [3.8, 4) is 0 Å². The van der Waals surface area contributed by atoms with E-state index in [1.807, 2.05) is 0 Å². The third kappa shape index (κ3) is 3.27. The molecule has 0 aromatic carbocycles. The van der Waals surface area contributed by atoms with E-state index in [1.54, 1.807) is 6.92 Å². The lowest BCUT2D eigenvalue weighted by molar-refractivity contribution is -0.131. The number of hydrogen-bond acceptors (Lipinski definition) is 6. The van der Waals surface area contributed by atoms with E-state index in [2.05, 4.69) is 15.5 Å². The van der Waals surface area contributed by atoms with Gasteiger partial charge in [0, 0.05) is 26.4 Å². The number of ether oxygens (including phenoxy) is 1. The lowest BCUT2D eigenvalue weighted by Gasteiger charge is -2.11. The number of aryl methyl sites for hydroxylation is 1. The Labute approximate surface area is 105 Å². The first-order valence-corrected chi connectivity index (χ1v) is 6.11. The maximum Gasteiger partial charge on any atom is 0.249 e. The fourth-order valence-electron chi connectivity index (χ4n) is 1.93. The van der Waals surface area contributed by atoms with E-state index in [-0.39, 0.29) is 18.1 Å².